The minimum absolute atomic E-state index is 0. The molecule has 1 aliphatic rings. The molecule has 2 aromatic heterocycles. The molecule has 1 aliphatic heterocycles. The number of carbonyl (C=O) groups excluding carboxylic acids is 1. The standard InChI is InChI=1S/C15H20N4O2S.ClH/c1-8(16-3)7-17-13(20)12-9(2)11-14(22-12)18-10-5-4-6-19(10)15(11)21;/h8,16H,4-7H2,1-3H3,(H,17,20);1H. The van der Waals surface area contributed by atoms with Crippen LogP contribution in [0.3, 0.4) is 0 Å². The zero-order valence-electron chi connectivity index (χ0n) is 13.4. The first-order chi connectivity index (χ1) is 10.5. The van der Waals surface area contributed by atoms with Crippen LogP contribution in [0.5, 0.6) is 0 Å². The lowest BCUT2D eigenvalue weighted by Gasteiger charge is -2.10. The summed E-state index contributed by atoms with van der Waals surface area (Å²) in [5.41, 5.74) is 0.739. The van der Waals surface area contributed by atoms with Crippen LogP contribution in [0.25, 0.3) is 10.2 Å². The molecule has 0 fully saturated rings. The second kappa shape index (κ2) is 6.98. The lowest BCUT2D eigenvalue weighted by molar-refractivity contribution is 0.0954. The smallest absolute Gasteiger partial charge is 0.262 e. The summed E-state index contributed by atoms with van der Waals surface area (Å²) in [5.74, 6) is 0.710. The fourth-order valence-electron chi connectivity index (χ4n) is 2.72. The minimum atomic E-state index is -0.132. The molecule has 3 heterocycles. The average Bonchev–Trinajstić information content (AvgIpc) is 3.10. The maximum atomic E-state index is 12.6. The summed E-state index contributed by atoms with van der Waals surface area (Å²) >= 11 is 1.31. The van der Waals surface area contributed by atoms with Crippen molar-refractivity contribution >= 4 is 39.9 Å². The maximum Gasteiger partial charge on any atom is 0.262 e. The van der Waals surface area contributed by atoms with E-state index in [0.717, 1.165) is 30.8 Å². The number of carbonyl (C=O) groups is 1. The number of fused-ring (bicyclic) bond motifs is 2. The van der Waals surface area contributed by atoms with Crippen LogP contribution in [-0.2, 0) is 13.0 Å². The van der Waals surface area contributed by atoms with Gasteiger partial charge in [0.05, 0.1) is 10.3 Å². The Labute approximate surface area is 144 Å². The van der Waals surface area contributed by atoms with Crippen molar-refractivity contribution in [1.29, 1.82) is 0 Å². The van der Waals surface area contributed by atoms with Crippen molar-refractivity contribution in [2.45, 2.75) is 39.3 Å². The normalized spacial score (nSPS) is 14.4. The lowest BCUT2D eigenvalue weighted by Crippen LogP contribution is -2.37. The maximum absolute atomic E-state index is 12.6. The topological polar surface area (TPSA) is 76.0 Å². The molecule has 1 unspecified atom stereocenters. The van der Waals surface area contributed by atoms with Crippen LogP contribution in [-0.4, -0.2) is 35.1 Å². The number of hydrogen-bond acceptors (Lipinski definition) is 5. The summed E-state index contributed by atoms with van der Waals surface area (Å²) in [6, 6.07) is 0.200. The third-order valence-corrected chi connectivity index (χ3v) is 5.36. The number of amides is 1. The van der Waals surface area contributed by atoms with Gasteiger partial charge >= 0.3 is 0 Å². The first-order valence-electron chi connectivity index (χ1n) is 7.51. The Morgan fingerprint density at radius 3 is 2.91 bits per heavy atom. The van der Waals surface area contributed by atoms with E-state index in [0.29, 0.717) is 21.6 Å². The summed E-state index contributed by atoms with van der Waals surface area (Å²) in [6.45, 7) is 5.11. The van der Waals surface area contributed by atoms with Crippen LogP contribution in [0, 0.1) is 6.92 Å². The number of aromatic nitrogens is 2. The zero-order valence-corrected chi connectivity index (χ0v) is 15.1. The first kappa shape index (κ1) is 17.9. The van der Waals surface area contributed by atoms with Gasteiger partial charge in [0.25, 0.3) is 11.5 Å². The van der Waals surface area contributed by atoms with Crippen LogP contribution in [0.15, 0.2) is 4.79 Å². The molecule has 0 bridgehead atoms. The molecule has 6 nitrogen and oxygen atoms in total. The van der Waals surface area contributed by atoms with Gasteiger partial charge < -0.3 is 10.6 Å². The molecule has 0 saturated heterocycles. The van der Waals surface area contributed by atoms with Gasteiger partial charge in [0.15, 0.2) is 0 Å². The Hall–Kier alpha value is -1.44. The molecule has 23 heavy (non-hydrogen) atoms. The molecule has 0 aliphatic carbocycles. The highest BCUT2D eigenvalue weighted by Gasteiger charge is 2.23. The van der Waals surface area contributed by atoms with Gasteiger partial charge in [-0.2, -0.15) is 0 Å². The molecular weight excluding hydrogens is 336 g/mol. The van der Waals surface area contributed by atoms with Crippen molar-refractivity contribution in [3.8, 4) is 0 Å². The summed E-state index contributed by atoms with van der Waals surface area (Å²) in [4.78, 5) is 30.8. The van der Waals surface area contributed by atoms with E-state index in [2.05, 4.69) is 15.6 Å². The Morgan fingerprint density at radius 2 is 2.22 bits per heavy atom. The van der Waals surface area contributed by atoms with E-state index in [1.165, 1.54) is 11.3 Å². The third-order valence-electron chi connectivity index (χ3n) is 4.18. The number of hydrogen-bond donors (Lipinski definition) is 2. The van der Waals surface area contributed by atoms with Gasteiger partial charge in [0, 0.05) is 25.6 Å². The van der Waals surface area contributed by atoms with Crippen LogP contribution >= 0.6 is 23.7 Å². The molecule has 0 spiro atoms. The molecule has 2 N–H and O–H groups in total. The van der Waals surface area contributed by atoms with Crippen LogP contribution in [0.4, 0.5) is 0 Å². The number of rotatable bonds is 4. The Balaban J connectivity index is 0.00000192. The summed E-state index contributed by atoms with van der Waals surface area (Å²) < 4.78 is 1.74. The Bertz CT molecular complexity index is 799. The second-order valence-electron chi connectivity index (χ2n) is 5.72. The first-order valence-corrected chi connectivity index (χ1v) is 8.33. The largest absolute Gasteiger partial charge is 0.350 e. The van der Waals surface area contributed by atoms with Gasteiger partial charge in [0.2, 0.25) is 0 Å². The molecule has 2 aromatic rings. The molecule has 0 saturated carbocycles. The van der Waals surface area contributed by atoms with Gasteiger partial charge in [-0.3, -0.25) is 14.2 Å². The predicted octanol–water partition coefficient (Wildman–Crippen LogP) is 1.47. The predicted molar refractivity (Wildman–Crippen MR) is 95.0 cm³/mol. The van der Waals surface area contributed by atoms with E-state index in [9.17, 15) is 9.59 Å². The molecule has 1 amide bonds. The van der Waals surface area contributed by atoms with E-state index >= 15 is 0 Å². The lowest BCUT2D eigenvalue weighted by atomic mass is 10.2. The molecule has 1 atom stereocenters. The molecule has 0 radical (unpaired) electrons. The fraction of sp³-hybridized carbons (Fsp3) is 0.533. The quantitative estimate of drug-likeness (QED) is 0.869. The number of halogens is 1. The Kier molecular flexibility index (Phi) is 5.44. The molecule has 8 heteroatoms. The monoisotopic (exact) mass is 356 g/mol. The summed E-state index contributed by atoms with van der Waals surface area (Å²) in [6.07, 6.45) is 1.80. The third kappa shape index (κ3) is 3.13. The van der Waals surface area contributed by atoms with Crippen LogP contribution in [0.2, 0.25) is 0 Å². The summed E-state index contributed by atoms with van der Waals surface area (Å²) in [7, 11) is 1.86. The number of likely N-dealkylation sites (N-methyl/N-ethyl adjacent to an activating group) is 1. The van der Waals surface area contributed by atoms with Gasteiger partial charge in [-0.05, 0) is 32.9 Å². The SMILES string of the molecule is CNC(C)CNC(=O)c1sc2nc3n(c(=O)c2c1C)CCC3.Cl. The molecular formula is C15H21ClN4O2S. The second-order valence-corrected chi connectivity index (χ2v) is 6.72. The number of thiophene rings is 1. The highest BCUT2D eigenvalue weighted by molar-refractivity contribution is 7.20. The zero-order chi connectivity index (χ0) is 15.9. The number of nitrogens with one attached hydrogen (secondary N) is 2. The van der Waals surface area contributed by atoms with Crippen molar-refractivity contribution in [1.82, 2.24) is 20.2 Å². The van der Waals surface area contributed by atoms with Gasteiger partial charge in [-0.15, -0.1) is 23.7 Å². The van der Waals surface area contributed by atoms with E-state index in [4.69, 9.17) is 0 Å². The highest BCUT2D eigenvalue weighted by atomic mass is 35.5. The van der Waals surface area contributed by atoms with Crippen LogP contribution in [0.1, 0.15) is 34.4 Å². The van der Waals surface area contributed by atoms with Gasteiger partial charge in [-0.1, -0.05) is 0 Å². The minimum Gasteiger partial charge on any atom is -0.350 e. The van der Waals surface area contributed by atoms with Gasteiger partial charge in [0.1, 0.15) is 10.7 Å². The number of nitrogens with zero attached hydrogens (tertiary/aromatic N) is 2. The highest BCUT2D eigenvalue weighted by Crippen LogP contribution is 2.28. The number of aryl methyl sites for hydroxylation is 2. The van der Waals surface area contributed by atoms with Gasteiger partial charge in [-0.25, -0.2) is 4.98 Å². The summed E-state index contributed by atoms with van der Waals surface area (Å²) in [5, 5.41) is 6.58. The molecule has 126 valence electrons. The van der Waals surface area contributed by atoms with E-state index in [1.807, 2.05) is 20.9 Å². The van der Waals surface area contributed by atoms with E-state index in [-0.39, 0.29) is 29.9 Å². The van der Waals surface area contributed by atoms with E-state index in [1.54, 1.807) is 4.57 Å². The van der Waals surface area contributed by atoms with Crippen molar-refractivity contribution in [2.24, 2.45) is 0 Å². The molecule has 3 rings (SSSR count). The Morgan fingerprint density at radius 1 is 1.48 bits per heavy atom. The van der Waals surface area contributed by atoms with Crippen molar-refractivity contribution < 1.29 is 4.79 Å². The van der Waals surface area contributed by atoms with Crippen molar-refractivity contribution in [3.63, 3.8) is 0 Å². The van der Waals surface area contributed by atoms with Crippen molar-refractivity contribution in [2.75, 3.05) is 13.6 Å². The average molecular weight is 357 g/mol. The van der Waals surface area contributed by atoms with Crippen molar-refractivity contribution in [3.05, 3.63) is 26.6 Å². The molecule has 0 aromatic carbocycles. The van der Waals surface area contributed by atoms with Crippen LogP contribution < -0.4 is 16.2 Å². The van der Waals surface area contributed by atoms with E-state index < -0.39 is 0 Å². The fourth-order valence-corrected chi connectivity index (χ4v) is 3.83.